The van der Waals surface area contributed by atoms with Crippen molar-refractivity contribution in [3.8, 4) is 0 Å². The predicted molar refractivity (Wildman–Crippen MR) is 105 cm³/mol. The molecule has 0 radical (unpaired) electrons. The number of benzene rings is 1. The Kier molecular flexibility index (Phi) is 8.59. The largest absolute Gasteiger partial charge is 0.504 e. The third-order valence-corrected chi connectivity index (χ3v) is 8.09. The van der Waals surface area contributed by atoms with E-state index in [1.165, 1.54) is 62.7 Å². The number of unbranched alkanes of at least 4 members (excludes halogenated alkanes) is 3. The summed E-state index contributed by atoms with van der Waals surface area (Å²) in [6.45, 7) is 4.75. The molecule has 1 aromatic rings. The Balaban J connectivity index is 1.96. The molecule has 0 spiro atoms. The highest BCUT2D eigenvalue weighted by Crippen LogP contribution is 2.32. The fourth-order valence-electron chi connectivity index (χ4n) is 3.79. The molecule has 0 aliphatic carbocycles. The number of nitrogens with zero attached hydrogens (tertiary/aromatic N) is 1. The van der Waals surface area contributed by atoms with Crippen LogP contribution in [0.1, 0.15) is 62.6 Å². The van der Waals surface area contributed by atoms with Crippen molar-refractivity contribution in [2.75, 3.05) is 34.4 Å². The lowest BCUT2D eigenvalue weighted by atomic mass is 10.0. The monoisotopic (exact) mass is 365 g/mol. The number of rotatable bonds is 11. The fraction of sp³-hybridized carbons (Fsp3) is 0.700. The summed E-state index contributed by atoms with van der Waals surface area (Å²) in [5.74, 6) is 0. The molecule has 5 heteroatoms. The maximum absolute atomic E-state index is 5.54. The van der Waals surface area contributed by atoms with E-state index >= 15 is 0 Å². The zero-order valence-corrected chi connectivity index (χ0v) is 17.4. The Morgan fingerprint density at radius 2 is 1.68 bits per heavy atom. The molecule has 0 amide bonds. The van der Waals surface area contributed by atoms with Crippen molar-refractivity contribution in [2.45, 2.75) is 57.5 Å². The van der Waals surface area contributed by atoms with Crippen molar-refractivity contribution in [2.24, 2.45) is 0 Å². The molecule has 1 aliphatic heterocycles. The van der Waals surface area contributed by atoms with Gasteiger partial charge in [0.15, 0.2) is 0 Å². The summed E-state index contributed by atoms with van der Waals surface area (Å²) in [4.78, 5) is 2.67. The van der Waals surface area contributed by atoms with Crippen molar-refractivity contribution < 1.29 is 13.3 Å². The van der Waals surface area contributed by atoms with E-state index in [0.29, 0.717) is 12.1 Å². The second-order valence-corrected chi connectivity index (χ2v) is 9.91. The van der Waals surface area contributed by atoms with E-state index in [2.05, 4.69) is 36.1 Å². The lowest BCUT2D eigenvalue weighted by Gasteiger charge is -2.26. The summed E-state index contributed by atoms with van der Waals surface area (Å²) in [7, 11) is 2.45. The standard InChI is InChI=1S/C20H35NO3Si/c1-5-6-7-8-15-21-16-9-10-20(21)19-13-11-18(12-14-19)17-25(22-2,23-3)24-4/h11-14,20H,5-10,15-17H2,1-4H3. The van der Waals surface area contributed by atoms with E-state index in [1.807, 2.05) is 0 Å². The van der Waals surface area contributed by atoms with Crippen LogP contribution in [-0.4, -0.2) is 48.1 Å². The minimum Gasteiger partial charge on any atom is -0.377 e. The van der Waals surface area contributed by atoms with Gasteiger partial charge in [0.05, 0.1) is 0 Å². The van der Waals surface area contributed by atoms with Crippen LogP contribution in [0.4, 0.5) is 0 Å². The van der Waals surface area contributed by atoms with Gasteiger partial charge in [-0.1, -0.05) is 50.5 Å². The predicted octanol–water partition coefficient (Wildman–Crippen LogP) is 4.36. The van der Waals surface area contributed by atoms with Crippen molar-refractivity contribution in [1.29, 1.82) is 0 Å². The molecule has 25 heavy (non-hydrogen) atoms. The van der Waals surface area contributed by atoms with Gasteiger partial charge in [-0.2, -0.15) is 0 Å². The molecular formula is C20H35NO3Si. The van der Waals surface area contributed by atoms with E-state index in [1.54, 1.807) is 21.3 Å². The third kappa shape index (κ3) is 5.63. The minimum absolute atomic E-state index is 0.588. The van der Waals surface area contributed by atoms with Crippen LogP contribution in [0.2, 0.25) is 0 Å². The first kappa shape index (κ1) is 20.6. The zero-order valence-electron chi connectivity index (χ0n) is 16.4. The van der Waals surface area contributed by atoms with Crippen LogP contribution in [0.15, 0.2) is 24.3 Å². The molecule has 1 atom stereocenters. The van der Waals surface area contributed by atoms with E-state index < -0.39 is 8.80 Å². The summed E-state index contributed by atoms with van der Waals surface area (Å²) in [6.07, 6.45) is 7.94. The Bertz CT molecular complexity index is 482. The van der Waals surface area contributed by atoms with Crippen molar-refractivity contribution in [3.63, 3.8) is 0 Å². The van der Waals surface area contributed by atoms with E-state index in [0.717, 1.165) is 0 Å². The van der Waals surface area contributed by atoms with E-state index in [4.69, 9.17) is 13.3 Å². The molecule has 1 saturated heterocycles. The summed E-state index contributed by atoms with van der Waals surface area (Å²) in [5, 5.41) is 0. The second-order valence-electron chi connectivity index (χ2n) is 6.97. The molecule has 2 rings (SSSR count). The van der Waals surface area contributed by atoms with Crippen LogP contribution in [0, 0.1) is 0 Å². The molecule has 0 N–H and O–H groups in total. The van der Waals surface area contributed by atoms with Crippen molar-refractivity contribution >= 4 is 8.80 Å². The van der Waals surface area contributed by atoms with Crippen LogP contribution >= 0.6 is 0 Å². The first-order valence-corrected chi connectivity index (χ1v) is 11.6. The summed E-state index contributed by atoms with van der Waals surface area (Å²) in [5.41, 5.74) is 2.66. The smallest absolute Gasteiger partial charge is 0.377 e. The molecular weight excluding hydrogens is 330 g/mol. The van der Waals surface area contributed by atoms with Gasteiger partial charge in [0.25, 0.3) is 0 Å². The van der Waals surface area contributed by atoms with Crippen molar-refractivity contribution in [3.05, 3.63) is 35.4 Å². The van der Waals surface area contributed by atoms with Gasteiger partial charge in [0.2, 0.25) is 0 Å². The molecule has 0 aromatic heterocycles. The maximum Gasteiger partial charge on any atom is 0.504 e. The van der Waals surface area contributed by atoms with Gasteiger partial charge in [-0.15, -0.1) is 0 Å². The number of hydrogen-bond donors (Lipinski definition) is 0. The van der Waals surface area contributed by atoms with Gasteiger partial charge >= 0.3 is 8.80 Å². The number of likely N-dealkylation sites (tertiary alicyclic amines) is 1. The van der Waals surface area contributed by atoms with Gasteiger partial charge in [-0.3, -0.25) is 4.90 Å². The Hall–Kier alpha value is -0.723. The van der Waals surface area contributed by atoms with Gasteiger partial charge in [0, 0.05) is 33.4 Å². The van der Waals surface area contributed by atoms with Crippen LogP contribution in [0.3, 0.4) is 0 Å². The fourth-order valence-corrected chi connectivity index (χ4v) is 5.46. The van der Waals surface area contributed by atoms with E-state index in [9.17, 15) is 0 Å². The lowest BCUT2D eigenvalue weighted by molar-refractivity contribution is 0.122. The highest BCUT2D eigenvalue weighted by atomic mass is 28.4. The topological polar surface area (TPSA) is 30.9 Å². The van der Waals surface area contributed by atoms with Crippen LogP contribution in [0.5, 0.6) is 0 Å². The summed E-state index contributed by atoms with van der Waals surface area (Å²) >= 11 is 0. The van der Waals surface area contributed by atoms with Crippen LogP contribution in [0.25, 0.3) is 0 Å². The quantitative estimate of drug-likeness (QED) is 0.430. The molecule has 1 fully saturated rings. The lowest BCUT2D eigenvalue weighted by Crippen LogP contribution is -2.45. The second kappa shape index (κ2) is 10.4. The Morgan fingerprint density at radius 3 is 2.28 bits per heavy atom. The first-order valence-electron chi connectivity index (χ1n) is 9.66. The normalized spacial score (nSPS) is 18.8. The Labute approximate surface area is 154 Å². The molecule has 1 heterocycles. The minimum atomic E-state index is -2.56. The zero-order chi connectivity index (χ0) is 18.1. The van der Waals surface area contributed by atoms with Gasteiger partial charge in [-0.25, -0.2) is 0 Å². The van der Waals surface area contributed by atoms with Crippen LogP contribution in [-0.2, 0) is 19.3 Å². The molecule has 1 aliphatic rings. The van der Waals surface area contributed by atoms with Gasteiger partial charge < -0.3 is 13.3 Å². The molecule has 0 bridgehead atoms. The maximum atomic E-state index is 5.54. The molecule has 0 saturated carbocycles. The summed E-state index contributed by atoms with van der Waals surface area (Å²) < 4.78 is 16.6. The highest BCUT2D eigenvalue weighted by molar-refractivity contribution is 6.60. The molecule has 1 unspecified atom stereocenters. The third-order valence-electron chi connectivity index (χ3n) is 5.38. The number of hydrogen-bond acceptors (Lipinski definition) is 4. The summed E-state index contributed by atoms with van der Waals surface area (Å²) in [6, 6.07) is 10.3. The average Bonchev–Trinajstić information content (AvgIpc) is 3.12. The van der Waals surface area contributed by atoms with Crippen LogP contribution < -0.4 is 0 Å². The van der Waals surface area contributed by atoms with E-state index in [-0.39, 0.29) is 0 Å². The molecule has 4 nitrogen and oxygen atoms in total. The first-order chi connectivity index (χ1) is 12.2. The Morgan fingerprint density at radius 1 is 1.00 bits per heavy atom. The highest BCUT2D eigenvalue weighted by Gasteiger charge is 2.38. The average molecular weight is 366 g/mol. The molecule has 142 valence electrons. The van der Waals surface area contributed by atoms with Gasteiger partial charge in [0.1, 0.15) is 0 Å². The molecule has 1 aromatic carbocycles. The van der Waals surface area contributed by atoms with Gasteiger partial charge in [-0.05, 0) is 43.5 Å². The SMILES string of the molecule is CCCCCCN1CCCC1c1ccc(C[Si](OC)(OC)OC)cc1. The van der Waals surface area contributed by atoms with Crippen molar-refractivity contribution in [1.82, 2.24) is 4.90 Å².